The van der Waals surface area contributed by atoms with Crippen LogP contribution in [0.25, 0.3) is 22.2 Å². The van der Waals surface area contributed by atoms with Gasteiger partial charge in [-0.15, -0.1) is 10.2 Å². The van der Waals surface area contributed by atoms with Gasteiger partial charge in [-0.25, -0.2) is 0 Å². The lowest BCUT2D eigenvalue weighted by Crippen LogP contribution is -2.32. The van der Waals surface area contributed by atoms with Crippen molar-refractivity contribution in [3.05, 3.63) is 30.0 Å². The Bertz CT molecular complexity index is 1050. The SMILES string of the molecule is COc1cc(C(F)(F)F)ccc1-c1nnc2c3c1cnn3CCCN2C[C@@H](C)O. The van der Waals surface area contributed by atoms with Gasteiger partial charge in [0, 0.05) is 25.2 Å². The fraction of sp³-hybridized carbons (Fsp3) is 0.421. The van der Waals surface area contributed by atoms with E-state index in [0.717, 1.165) is 24.1 Å². The molecule has 0 aliphatic carbocycles. The quantitative estimate of drug-likeness (QED) is 0.716. The molecule has 2 aromatic heterocycles. The lowest BCUT2D eigenvalue weighted by molar-refractivity contribution is -0.137. The molecular formula is C19H20F3N5O2. The number of methoxy groups -OCH3 is 1. The number of aromatic nitrogens is 4. The zero-order chi connectivity index (χ0) is 20.8. The average molecular weight is 407 g/mol. The monoisotopic (exact) mass is 407 g/mol. The molecule has 0 unspecified atom stereocenters. The number of hydrogen-bond donors (Lipinski definition) is 1. The van der Waals surface area contributed by atoms with E-state index in [2.05, 4.69) is 15.3 Å². The topological polar surface area (TPSA) is 76.3 Å². The second-order valence-electron chi connectivity index (χ2n) is 7.06. The van der Waals surface area contributed by atoms with E-state index in [1.807, 2.05) is 9.58 Å². The first-order valence-corrected chi connectivity index (χ1v) is 9.20. The van der Waals surface area contributed by atoms with Gasteiger partial charge in [0.1, 0.15) is 17.0 Å². The molecule has 10 heteroatoms. The van der Waals surface area contributed by atoms with Crippen LogP contribution in [0.15, 0.2) is 24.4 Å². The molecule has 1 aliphatic rings. The number of nitrogens with zero attached hydrogens (tertiary/aromatic N) is 5. The van der Waals surface area contributed by atoms with Crippen molar-refractivity contribution in [2.45, 2.75) is 32.2 Å². The Hall–Kier alpha value is -2.88. The van der Waals surface area contributed by atoms with E-state index in [9.17, 15) is 18.3 Å². The minimum atomic E-state index is -4.47. The maximum Gasteiger partial charge on any atom is 0.416 e. The predicted molar refractivity (Wildman–Crippen MR) is 101 cm³/mol. The summed E-state index contributed by atoms with van der Waals surface area (Å²) in [5.41, 5.74) is 0.760. The molecule has 0 radical (unpaired) electrons. The van der Waals surface area contributed by atoms with Gasteiger partial charge in [-0.05, 0) is 31.5 Å². The molecule has 1 atom stereocenters. The van der Waals surface area contributed by atoms with Gasteiger partial charge in [-0.1, -0.05) is 0 Å². The fourth-order valence-corrected chi connectivity index (χ4v) is 3.65. The van der Waals surface area contributed by atoms with Crippen LogP contribution in [0.5, 0.6) is 5.75 Å². The zero-order valence-electron chi connectivity index (χ0n) is 15.9. The highest BCUT2D eigenvalue weighted by atomic mass is 19.4. The molecule has 0 spiro atoms. The summed E-state index contributed by atoms with van der Waals surface area (Å²) in [7, 11) is 1.32. The number of halogens is 3. The Balaban J connectivity index is 1.88. The van der Waals surface area contributed by atoms with Gasteiger partial charge in [0.15, 0.2) is 5.82 Å². The number of ether oxygens (including phenoxy) is 1. The van der Waals surface area contributed by atoms with Crippen LogP contribution in [0.2, 0.25) is 0 Å². The molecule has 29 heavy (non-hydrogen) atoms. The molecule has 0 bridgehead atoms. The number of aliphatic hydroxyl groups is 1. The molecule has 1 aliphatic heterocycles. The van der Waals surface area contributed by atoms with Crippen molar-refractivity contribution in [2.75, 3.05) is 25.1 Å². The van der Waals surface area contributed by atoms with E-state index in [-0.39, 0.29) is 5.75 Å². The molecule has 3 heterocycles. The first kappa shape index (κ1) is 19.4. The van der Waals surface area contributed by atoms with Crippen molar-refractivity contribution in [1.29, 1.82) is 0 Å². The number of β-amino-alcohol motifs (C(OH)–C–C–N with tert-alkyl or cyclic N) is 1. The summed E-state index contributed by atoms with van der Waals surface area (Å²) < 4.78 is 46.3. The second-order valence-corrected chi connectivity index (χ2v) is 7.06. The number of rotatable bonds is 4. The molecule has 0 saturated heterocycles. The van der Waals surface area contributed by atoms with Crippen LogP contribution in [-0.4, -0.2) is 51.4 Å². The summed E-state index contributed by atoms with van der Waals surface area (Å²) in [5, 5.41) is 23.6. The Morgan fingerprint density at radius 1 is 1.24 bits per heavy atom. The van der Waals surface area contributed by atoms with Crippen molar-refractivity contribution < 1.29 is 23.0 Å². The van der Waals surface area contributed by atoms with E-state index < -0.39 is 17.8 Å². The lowest BCUT2D eigenvalue weighted by atomic mass is 10.0. The first-order chi connectivity index (χ1) is 13.8. The van der Waals surface area contributed by atoms with Crippen molar-refractivity contribution >= 4 is 16.7 Å². The van der Waals surface area contributed by atoms with E-state index in [4.69, 9.17) is 4.74 Å². The fourth-order valence-electron chi connectivity index (χ4n) is 3.65. The maximum absolute atomic E-state index is 13.1. The van der Waals surface area contributed by atoms with E-state index in [0.29, 0.717) is 42.1 Å². The van der Waals surface area contributed by atoms with Gasteiger partial charge in [0.05, 0.1) is 30.4 Å². The Kier molecular flexibility index (Phi) is 4.81. The van der Waals surface area contributed by atoms with Crippen LogP contribution in [0.4, 0.5) is 19.0 Å². The van der Waals surface area contributed by atoms with Crippen LogP contribution >= 0.6 is 0 Å². The van der Waals surface area contributed by atoms with Crippen LogP contribution in [-0.2, 0) is 12.7 Å². The molecule has 0 amide bonds. The number of alkyl halides is 3. The molecule has 1 aromatic carbocycles. The van der Waals surface area contributed by atoms with E-state index in [1.54, 1.807) is 13.1 Å². The van der Waals surface area contributed by atoms with Gasteiger partial charge < -0.3 is 14.7 Å². The van der Waals surface area contributed by atoms with Crippen molar-refractivity contribution in [3.63, 3.8) is 0 Å². The van der Waals surface area contributed by atoms with Crippen molar-refractivity contribution in [1.82, 2.24) is 20.0 Å². The normalized spacial score (nSPS) is 15.4. The van der Waals surface area contributed by atoms with Gasteiger partial charge in [-0.2, -0.15) is 18.3 Å². The smallest absolute Gasteiger partial charge is 0.416 e. The van der Waals surface area contributed by atoms with Crippen LogP contribution < -0.4 is 9.64 Å². The summed E-state index contributed by atoms with van der Waals surface area (Å²) in [4.78, 5) is 1.96. The third-order valence-corrected chi connectivity index (χ3v) is 4.92. The van der Waals surface area contributed by atoms with Crippen molar-refractivity contribution in [2.24, 2.45) is 0 Å². The third kappa shape index (κ3) is 3.48. The number of benzene rings is 1. The zero-order valence-corrected chi connectivity index (χ0v) is 15.9. The minimum Gasteiger partial charge on any atom is -0.496 e. The van der Waals surface area contributed by atoms with Gasteiger partial charge in [0.2, 0.25) is 0 Å². The van der Waals surface area contributed by atoms with E-state index in [1.165, 1.54) is 13.2 Å². The Morgan fingerprint density at radius 2 is 2.03 bits per heavy atom. The van der Waals surface area contributed by atoms with Gasteiger partial charge in [0.25, 0.3) is 0 Å². The summed E-state index contributed by atoms with van der Waals surface area (Å²) >= 11 is 0. The standard InChI is InChI=1S/C19H20F3N5O2/c1-11(28)10-26-6-3-7-27-17-14(9-23-27)16(24-25-18(17)26)13-5-4-12(19(20,21)22)8-15(13)29-2/h4-5,8-9,11,28H,3,6-7,10H2,1-2H3/t11-/m1/s1. The summed E-state index contributed by atoms with van der Waals surface area (Å²) in [6.45, 7) is 3.47. The highest BCUT2D eigenvalue weighted by Crippen LogP contribution is 2.40. The first-order valence-electron chi connectivity index (χ1n) is 9.20. The molecular weight excluding hydrogens is 387 g/mol. The molecule has 3 aromatic rings. The van der Waals surface area contributed by atoms with Crippen LogP contribution in [0.3, 0.4) is 0 Å². The number of aryl methyl sites for hydroxylation is 1. The van der Waals surface area contributed by atoms with Gasteiger partial charge in [-0.3, -0.25) is 4.68 Å². The Morgan fingerprint density at radius 3 is 2.72 bits per heavy atom. The molecule has 0 saturated carbocycles. The average Bonchev–Trinajstić information content (AvgIpc) is 3.01. The summed E-state index contributed by atoms with van der Waals surface area (Å²) in [6.07, 6.45) is -2.55. The second kappa shape index (κ2) is 7.18. The number of anilines is 1. The van der Waals surface area contributed by atoms with Gasteiger partial charge >= 0.3 is 6.18 Å². The number of hydrogen-bond acceptors (Lipinski definition) is 6. The highest BCUT2D eigenvalue weighted by Gasteiger charge is 2.32. The molecule has 154 valence electrons. The summed E-state index contributed by atoms with van der Waals surface area (Å²) in [5.74, 6) is 0.664. The Labute approximate surface area is 164 Å². The number of aliphatic hydroxyl groups excluding tert-OH is 1. The predicted octanol–water partition coefficient (Wildman–Crippen LogP) is 3.11. The maximum atomic E-state index is 13.1. The van der Waals surface area contributed by atoms with Crippen LogP contribution in [0, 0.1) is 0 Å². The molecule has 0 fully saturated rings. The lowest BCUT2D eigenvalue weighted by Gasteiger charge is -2.23. The van der Waals surface area contributed by atoms with Crippen LogP contribution in [0.1, 0.15) is 18.9 Å². The van der Waals surface area contributed by atoms with Crippen molar-refractivity contribution in [3.8, 4) is 17.0 Å². The highest BCUT2D eigenvalue weighted by molar-refractivity contribution is 5.99. The molecule has 4 rings (SSSR count). The molecule has 7 nitrogen and oxygen atoms in total. The summed E-state index contributed by atoms with van der Waals surface area (Å²) in [6, 6.07) is 3.30. The third-order valence-electron chi connectivity index (χ3n) is 4.92. The van der Waals surface area contributed by atoms with E-state index >= 15 is 0 Å². The molecule has 1 N–H and O–H groups in total. The largest absolute Gasteiger partial charge is 0.496 e. The minimum absolute atomic E-state index is 0.0617.